The number of aliphatic carboxylic acids is 1. The van der Waals surface area contributed by atoms with Gasteiger partial charge in [-0.05, 0) is 17.5 Å². The van der Waals surface area contributed by atoms with Gasteiger partial charge in [0.05, 0.1) is 10.7 Å². The lowest BCUT2D eigenvalue weighted by atomic mass is 9.87. The third-order valence-electron chi connectivity index (χ3n) is 2.51. The highest BCUT2D eigenvalue weighted by Crippen LogP contribution is 2.22. The van der Waals surface area contributed by atoms with Crippen molar-refractivity contribution in [1.29, 1.82) is 0 Å². The Hall–Kier alpha value is -1.75. The molecule has 2 amide bonds. The van der Waals surface area contributed by atoms with Crippen LogP contribution in [0, 0.1) is 5.41 Å². The van der Waals surface area contributed by atoms with E-state index in [1.807, 2.05) is 0 Å². The zero-order chi connectivity index (χ0) is 14.6. The second kappa shape index (κ2) is 5.93. The molecule has 0 aliphatic carbocycles. The summed E-state index contributed by atoms with van der Waals surface area (Å²) >= 11 is 5.90. The van der Waals surface area contributed by atoms with E-state index in [2.05, 4.69) is 10.6 Å². The third kappa shape index (κ3) is 4.44. The number of carboxylic acid groups (broad SMARTS) is 1. The first-order chi connectivity index (χ1) is 8.71. The molecule has 0 aliphatic heterocycles. The molecule has 0 unspecified atom stereocenters. The van der Waals surface area contributed by atoms with Gasteiger partial charge in [0, 0.05) is 0 Å². The van der Waals surface area contributed by atoms with Crippen LogP contribution < -0.4 is 10.6 Å². The molecule has 1 rings (SSSR count). The minimum absolute atomic E-state index is 0.389. The molecule has 1 aromatic rings. The van der Waals surface area contributed by atoms with Gasteiger partial charge in [0.25, 0.3) is 0 Å². The Kier molecular flexibility index (Phi) is 4.78. The van der Waals surface area contributed by atoms with Crippen molar-refractivity contribution in [2.75, 3.05) is 5.32 Å². The lowest BCUT2D eigenvalue weighted by Crippen LogP contribution is -2.50. The van der Waals surface area contributed by atoms with E-state index >= 15 is 0 Å². The average molecular weight is 285 g/mol. The summed E-state index contributed by atoms with van der Waals surface area (Å²) in [5.41, 5.74) is -0.163. The van der Waals surface area contributed by atoms with E-state index in [0.717, 1.165) is 0 Å². The molecule has 3 N–H and O–H groups in total. The summed E-state index contributed by atoms with van der Waals surface area (Å²) in [5, 5.41) is 14.4. The van der Waals surface area contributed by atoms with E-state index < -0.39 is 23.5 Å². The van der Waals surface area contributed by atoms with Crippen LogP contribution >= 0.6 is 11.6 Å². The molecule has 19 heavy (non-hydrogen) atoms. The molecule has 6 heteroatoms. The number of carbonyl (C=O) groups is 2. The number of rotatable bonds is 3. The maximum atomic E-state index is 11.8. The molecule has 0 spiro atoms. The largest absolute Gasteiger partial charge is 0.480 e. The second-order valence-electron chi connectivity index (χ2n) is 5.22. The van der Waals surface area contributed by atoms with Gasteiger partial charge in [0.15, 0.2) is 0 Å². The highest BCUT2D eigenvalue weighted by Gasteiger charge is 2.32. The number of carbonyl (C=O) groups excluding carboxylic acids is 1. The predicted molar refractivity (Wildman–Crippen MR) is 74.5 cm³/mol. The topological polar surface area (TPSA) is 78.4 Å². The molecule has 0 aromatic heterocycles. The number of para-hydroxylation sites is 1. The molecule has 0 radical (unpaired) electrons. The van der Waals surface area contributed by atoms with Crippen LogP contribution in [0.5, 0.6) is 0 Å². The summed E-state index contributed by atoms with van der Waals surface area (Å²) in [6, 6.07) is 5.13. The van der Waals surface area contributed by atoms with Crippen molar-refractivity contribution in [2.24, 2.45) is 5.41 Å². The normalized spacial score (nSPS) is 12.6. The first-order valence-electron chi connectivity index (χ1n) is 5.76. The Labute approximate surface area is 117 Å². The van der Waals surface area contributed by atoms with Crippen molar-refractivity contribution in [1.82, 2.24) is 5.32 Å². The van der Waals surface area contributed by atoms with Gasteiger partial charge in [0.1, 0.15) is 6.04 Å². The monoisotopic (exact) mass is 284 g/mol. The van der Waals surface area contributed by atoms with Crippen LogP contribution in [0.1, 0.15) is 20.8 Å². The van der Waals surface area contributed by atoms with E-state index in [-0.39, 0.29) is 0 Å². The number of anilines is 1. The van der Waals surface area contributed by atoms with E-state index in [0.29, 0.717) is 10.7 Å². The van der Waals surface area contributed by atoms with E-state index in [9.17, 15) is 9.59 Å². The fourth-order valence-corrected chi connectivity index (χ4v) is 1.68. The summed E-state index contributed by atoms with van der Waals surface area (Å²) in [6.07, 6.45) is 0. The Morgan fingerprint density at radius 3 is 2.32 bits per heavy atom. The highest BCUT2D eigenvalue weighted by atomic mass is 35.5. The second-order valence-corrected chi connectivity index (χ2v) is 5.62. The number of halogens is 1. The smallest absolute Gasteiger partial charge is 0.326 e. The number of urea groups is 1. The van der Waals surface area contributed by atoms with Crippen LogP contribution in [-0.2, 0) is 4.79 Å². The Bertz CT molecular complexity index is 483. The molecule has 0 fully saturated rings. The lowest BCUT2D eigenvalue weighted by molar-refractivity contribution is -0.141. The van der Waals surface area contributed by atoms with Gasteiger partial charge < -0.3 is 15.7 Å². The zero-order valence-corrected chi connectivity index (χ0v) is 11.8. The number of hydrogen-bond acceptors (Lipinski definition) is 2. The fourth-order valence-electron chi connectivity index (χ4n) is 1.50. The van der Waals surface area contributed by atoms with Crippen molar-refractivity contribution >= 4 is 29.3 Å². The number of nitrogens with one attached hydrogen (secondary N) is 2. The molecule has 104 valence electrons. The number of benzene rings is 1. The molecule has 5 nitrogen and oxygen atoms in total. The van der Waals surface area contributed by atoms with Gasteiger partial charge in [-0.1, -0.05) is 44.5 Å². The van der Waals surface area contributed by atoms with Crippen LogP contribution in [0.25, 0.3) is 0 Å². The van der Waals surface area contributed by atoms with Crippen molar-refractivity contribution in [2.45, 2.75) is 26.8 Å². The Morgan fingerprint density at radius 2 is 1.84 bits per heavy atom. The molecule has 1 aromatic carbocycles. The molecule has 0 heterocycles. The zero-order valence-electron chi connectivity index (χ0n) is 11.0. The average Bonchev–Trinajstić information content (AvgIpc) is 2.27. The minimum atomic E-state index is -1.08. The van der Waals surface area contributed by atoms with Gasteiger partial charge in [0.2, 0.25) is 0 Å². The maximum absolute atomic E-state index is 11.8. The van der Waals surface area contributed by atoms with Gasteiger partial charge in [-0.25, -0.2) is 9.59 Å². The van der Waals surface area contributed by atoms with E-state index in [1.54, 1.807) is 45.0 Å². The van der Waals surface area contributed by atoms with Crippen molar-refractivity contribution in [3.05, 3.63) is 29.3 Å². The molecule has 0 bridgehead atoms. The first kappa shape index (κ1) is 15.3. The fraction of sp³-hybridized carbons (Fsp3) is 0.385. The maximum Gasteiger partial charge on any atom is 0.326 e. The van der Waals surface area contributed by atoms with Crippen molar-refractivity contribution in [3.8, 4) is 0 Å². The van der Waals surface area contributed by atoms with Crippen LogP contribution in [0.2, 0.25) is 5.02 Å². The van der Waals surface area contributed by atoms with E-state index in [4.69, 9.17) is 16.7 Å². The Morgan fingerprint density at radius 1 is 1.26 bits per heavy atom. The number of amides is 2. The van der Waals surface area contributed by atoms with Gasteiger partial charge in [-0.2, -0.15) is 0 Å². The quantitative estimate of drug-likeness (QED) is 0.798. The SMILES string of the molecule is CC(C)(C)[C@H](NC(=O)Nc1ccccc1Cl)C(=O)O. The third-order valence-corrected chi connectivity index (χ3v) is 2.84. The Balaban J connectivity index is 2.75. The summed E-state index contributed by atoms with van der Waals surface area (Å²) in [4.78, 5) is 22.9. The van der Waals surface area contributed by atoms with Crippen molar-refractivity contribution < 1.29 is 14.7 Å². The standard InChI is InChI=1S/C13H17ClN2O3/c1-13(2,3)10(11(17)18)16-12(19)15-9-7-5-4-6-8(9)14/h4-7,10H,1-3H3,(H,17,18)(H2,15,16,19)/t10-/m1/s1. The van der Waals surface area contributed by atoms with E-state index in [1.165, 1.54) is 0 Å². The summed E-state index contributed by atoms with van der Waals surface area (Å²) in [6.45, 7) is 5.21. The van der Waals surface area contributed by atoms with Gasteiger partial charge >= 0.3 is 12.0 Å². The summed E-state index contributed by atoms with van der Waals surface area (Å²) in [7, 11) is 0. The molecular weight excluding hydrogens is 268 g/mol. The number of carboxylic acids is 1. The summed E-state index contributed by atoms with van der Waals surface area (Å²) in [5.74, 6) is -1.08. The van der Waals surface area contributed by atoms with Gasteiger partial charge in [-0.3, -0.25) is 0 Å². The highest BCUT2D eigenvalue weighted by molar-refractivity contribution is 6.33. The van der Waals surface area contributed by atoms with Gasteiger partial charge in [-0.15, -0.1) is 0 Å². The molecular formula is C13H17ClN2O3. The predicted octanol–water partition coefficient (Wildman–Crippen LogP) is 2.96. The molecule has 0 aliphatic rings. The lowest BCUT2D eigenvalue weighted by Gasteiger charge is -2.27. The van der Waals surface area contributed by atoms with Crippen molar-refractivity contribution in [3.63, 3.8) is 0 Å². The van der Waals surface area contributed by atoms with Crippen LogP contribution in [-0.4, -0.2) is 23.1 Å². The summed E-state index contributed by atoms with van der Waals surface area (Å²) < 4.78 is 0. The number of hydrogen-bond donors (Lipinski definition) is 3. The molecule has 0 saturated heterocycles. The minimum Gasteiger partial charge on any atom is -0.480 e. The van der Waals surface area contributed by atoms with Crippen LogP contribution in [0.15, 0.2) is 24.3 Å². The first-order valence-corrected chi connectivity index (χ1v) is 6.14. The van der Waals surface area contributed by atoms with Crippen LogP contribution in [0.4, 0.5) is 10.5 Å². The van der Waals surface area contributed by atoms with Crippen LogP contribution in [0.3, 0.4) is 0 Å². The molecule has 1 atom stereocenters. The molecule has 0 saturated carbocycles.